The third kappa shape index (κ3) is 3.84. The summed E-state index contributed by atoms with van der Waals surface area (Å²) in [5, 5.41) is 3.21. The Kier molecular flexibility index (Phi) is 5.56. The van der Waals surface area contributed by atoms with Gasteiger partial charge in [0.1, 0.15) is 12.7 Å². The van der Waals surface area contributed by atoms with Crippen molar-refractivity contribution >= 4 is 11.2 Å². The molecule has 0 aliphatic carbocycles. The molecule has 0 radical (unpaired) electrons. The van der Waals surface area contributed by atoms with Gasteiger partial charge in [0.25, 0.3) is 5.56 Å². The summed E-state index contributed by atoms with van der Waals surface area (Å²) in [5.74, 6) is 0. The molecule has 7 heteroatoms. The summed E-state index contributed by atoms with van der Waals surface area (Å²) in [6, 6.07) is 24.0. The highest BCUT2D eigenvalue weighted by Gasteiger charge is 2.14. The number of nitrogens with two attached hydrogens (primary N) is 1. The number of aromatic nitrogens is 4. The minimum atomic E-state index is -0.181. The number of imidazole rings is 1. The highest BCUT2D eigenvalue weighted by atomic mass is 16.1. The van der Waals surface area contributed by atoms with E-state index in [9.17, 15) is 4.79 Å². The molecule has 5 aromatic rings. The van der Waals surface area contributed by atoms with E-state index in [0.29, 0.717) is 17.7 Å². The highest BCUT2D eigenvalue weighted by Crippen LogP contribution is 2.25. The van der Waals surface area contributed by atoms with E-state index >= 15 is 0 Å². The van der Waals surface area contributed by atoms with Gasteiger partial charge < -0.3 is 11.1 Å². The first kappa shape index (κ1) is 20.8. The maximum Gasteiger partial charge on any atom is 0.284 e. The van der Waals surface area contributed by atoms with E-state index in [1.807, 2.05) is 67.7 Å². The first-order valence-corrected chi connectivity index (χ1v) is 10.8. The van der Waals surface area contributed by atoms with Gasteiger partial charge in [-0.3, -0.25) is 13.9 Å². The fourth-order valence-electron chi connectivity index (χ4n) is 4.07. The fraction of sp³-hybridized carbons (Fsp3) is 0.115. The number of fused-ring (bicyclic) bond motifs is 1. The zero-order valence-electron chi connectivity index (χ0n) is 18.3. The molecule has 33 heavy (non-hydrogen) atoms. The lowest BCUT2D eigenvalue weighted by molar-refractivity contribution is 0.819. The third-order valence-corrected chi connectivity index (χ3v) is 5.73. The van der Waals surface area contributed by atoms with Gasteiger partial charge in [0, 0.05) is 18.8 Å². The summed E-state index contributed by atoms with van der Waals surface area (Å²) in [7, 11) is 1.94. The maximum absolute atomic E-state index is 13.5. The van der Waals surface area contributed by atoms with Gasteiger partial charge in [0.15, 0.2) is 11.2 Å². The van der Waals surface area contributed by atoms with E-state index in [1.54, 1.807) is 15.5 Å². The number of hydrogen-bond acceptors (Lipinski definition) is 5. The number of rotatable bonds is 6. The van der Waals surface area contributed by atoms with E-state index in [4.69, 9.17) is 5.73 Å². The molecule has 0 aliphatic rings. The Hall–Kier alpha value is -4.07. The molecule has 3 aromatic carbocycles. The third-order valence-electron chi connectivity index (χ3n) is 5.73. The lowest BCUT2D eigenvalue weighted by atomic mass is 9.99. The van der Waals surface area contributed by atoms with Gasteiger partial charge in [-0.05, 0) is 53.6 Å². The van der Waals surface area contributed by atoms with Crippen molar-refractivity contribution in [1.29, 1.82) is 0 Å². The summed E-state index contributed by atoms with van der Waals surface area (Å²) in [4.78, 5) is 22.2. The first-order chi connectivity index (χ1) is 16.2. The predicted molar refractivity (Wildman–Crippen MR) is 131 cm³/mol. The molecule has 7 nitrogen and oxygen atoms in total. The lowest BCUT2D eigenvalue weighted by Gasteiger charge is -2.11. The van der Waals surface area contributed by atoms with Crippen LogP contribution in [0.2, 0.25) is 0 Å². The quantitative estimate of drug-likeness (QED) is 0.426. The van der Waals surface area contributed by atoms with Gasteiger partial charge in [-0.15, -0.1) is 0 Å². The van der Waals surface area contributed by atoms with Crippen LogP contribution < -0.4 is 16.6 Å². The Morgan fingerprint density at radius 3 is 2.39 bits per heavy atom. The van der Waals surface area contributed by atoms with Crippen LogP contribution in [0.15, 0.2) is 90.2 Å². The molecule has 2 aromatic heterocycles. The van der Waals surface area contributed by atoms with Crippen molar-refractivity contribution in [2.45, 2.75) is 13.1 Å². The summed E-state index contributed by atoms with van der Waals surface area (Å²) < 4.78 is 3.32. The molecule has 0 spiro atoms. The second-order valence-corrected chi connectivity index (χ2v) is 7.81. The number of nitrogens with one attached hydrogen (secondary N) is 1. The molecule has 0 saturated carbocycles. The number of nitrogens with zero attached hydrogens (tertiary/aromatic N) is 4. The largest absolute Gasteiger partial charge is 0.326 e. The standard InChI is InChI=1S/C26H24N6O/c1-28-15-20-6-2-3-8-23(20)19-9-11-21(12-10-19)32-17-30-25-24(26(32)33)31(16-29-25)22-7-4-5-18(13-22)14-27/h2-13,16-17,28H,14-15,27H2,1H3. The van der Waals surface area contributed by atoms with E-state index in [2.05, 4.69) is 27.4 Å². The Morgan fingerprint density at radius 2 is 1.64 bits per heavy atom. The summed E-state index contributed by atoms with van der Waals surface area (Å²) in [6.07, 6.45) is 3.16. The monoisotopic (exact) mass is 436 g/mol. The minimum absolute atomic E-state index is 0.181. The molecule has 0 saturated heterocycles. The van der Waals surface area contributed by atoms with Crippen molar-refractivity contribution in [2.75, 3.05) is 7.05 Å². The Labute approximate surface area is 191 Å². The molecule has 164 valence electrons. The minimum Gasteiger partial charge on any atom is -0.326 e. The SMILES string of the molecule is CNCc1ccccc1-c1ccc(-n2cnc3ncn(-c4cccc(CN)c4)c3c2=O)cc1. The average Bonchev–Trinajstić information content (AvgIpc) is 3.30. The maximum atomic E-state index is 13.5. The summed E-state index contributed by atoms with van der Waals surface area (Å²) in [6.45, 7) is 1.21. The van der Waals surface area contributed by atoms with Crippen molar-refractivity contribution in [3.63, 3.8) is 0 Å². The van der Waals surface area contributed by atoms with Crippen LogP contribution in [-0.2, 0) is 13.1 Å². The van der Waals surface area contributed by atoms with E-state index < -0.39 is 0 Å². The molecule has 0 unspecified atom stereocenters. The molecular weight excluding hydrogens is 412 g/mol. The molecule has 0 aliphatic heterocycles. The van der Waals surface area contributed by atoms with Crippen LogP contribution in [0.5, 0.6) is 0 Å². The van der Waals surface area contributed by atoms with Crippen LogP contribution in [0.25, 0.3) is 33.7 Å². The van der Waals surface area contributed by atoms with Gasteiger partial charge in [0.05, 0.1) is 5.69 Å². The average molecular weight is 437 g/mol. The number of hydrogen-bond donors (Lipinski definition) is 2. The van der Waals surface area contributed by atoms with Gasteiger partial charge in [-0.2, -0.15) is 0 Å². The van der Waals surface area contributed by atoms with Gasteiger partial charge >= 0.3 is 0 Å². The first-order valence-electron chi connectivity index (χ1n) is 10.8. The molecule has 0 bridgehead atoms. The molecule has 0 amide bonds. The molecule has 5 rings (SSSR count). The number of benzene rings is 3. The van der Waals surface area contributed by atoms with E-state index in [-0.39, 0.29) is 5.56 Å². The summed E-state index contributed by atoms with van der Waals surface area (Å²) in [5.41, 5.74) is 12.5. The zero-order valence-corrected chi connectivity index (χ0v) is 18.3. The smallest absolute Gasteiger partial charge is 0.284 e. The molecule has 2 heterocycles. The lowest BCUT2D eigenvalue weighted by Crippen LogP contribution is -2.20. The van der Waals surface area contributed by atoms with Crippen LogP contribution in [0, 0.1) is 0 Å². The predicted octanol–water partition coefficient (Wildman–Crippen LogP) is 3.42. The zero-order chi connectivity index (χ0) is 22.8. The van der Waals surface area contributed by atoms with Gasteiger partial charge in [-0.1, -0.05) is 48.5 Å². The van der Waals surface area contributed by atoms with Crippen molar-refractivity contribution in [2.24, 2.45) is 5.73 Å². The van der Waals surface area contributed by atoms with Crippen LogP contribution in [0.4, 0.5) is 0 Å². The van der Waals surface area contributed by atoms with Crippen molar-refractivity contribution in [1.82, 2.24) is 24.4 Å². The second-order valence-electron chi connectivity index (χ2n) is 7.81. The normalized spacial score (nSPS) is 11.2. The van der Waals surface area contributed by atoms with Crippen molar-refractivity contribution in [3.05, 3.63) is 107 Å². The van der Waals surface area contributed by atoms with Crippen LogP contribution in [0.1, 0.15) is 11.1 Å². The van der Waals surface area contributed by atoms with Gasteiger partial charge in [0.2, 0.25) is 0 Å². The van der Waals surface area contributed by atoms with Crippen LogP contribution in [-0.4, -0.2) is 26.1 Å². The van der Waals surface area contributed by atoms with E-state index in [0.717, 1.165) is 34.6 Å². The van der Waals surface area contributed by atoms with Crippen molar-refractivity contribution < 1.29 is 0 Å². The Morgan fingerprint density at radius 1 is 0.879 bits per heavy atom. The van der Waals surface area contributed by atoms with Crippen molar-refractivity contribution in [3.8, 4) is 22.5 Å². The van der Waals surface area contributed by atoms with Crippen LogP contribution in [0.3, 0.4) is 0 Å². The molecule has 0 fully saturated rings. The highest BCUT2D eigenvalue weighted by molar-refractivity contribution is 5.73. The second kappa shape index (κ2) is 8.82. The van der Waals surface area contributed by atoms with E-state index in [1.165, 1.54) is 11.9 Å². The Bertz CT molecular complexity index is 1480. The Balaban J connectivity index is 1.57. The molecule has 3 N–H and O–H groups in total. The summed E-state index contributed by atoms with van der Waals surface area (Å²) >= 11 is 0. The van der Waals surface area contributed by atoms with Gasteiger partial charge in [-0.25, -0.2) is 9.97 Å². The van der Waals surface area contributed by atoms with Crippen LogP contribution >= 0.6 is 0 Å². The molecule has 0 atom stereocenters. The topological polar surface area (TPSA) is 90.8 Å². The molecular formula is C26H24N6O. The fourth-order valence-corrected chi connectivity index (χ4v) is 4.07.